The first-order chi connectivity index (χ1) is 16.5. The molecule has 188 valence electrons. The molecule has 0 unspecified atom stereocenters. The molecular formula is C23H21ClF6N4O. The minimum atomic E-state index is -5.05. The zero-order chi connectivity index (χ0) is 25.0. The van der Waals surface area contributed by atoms with Crippen LogP contribution < -0.4 is 4.90 Å². The lowest BCUT2D eigenvalue weighted by Crippen LogP contribution is -2.39. The number of H-pyrrole nitrogens is 1. The Morgan fingerprint density at radius 3 is 2.40 bits per heavy atom. The van der Waals surface area contributed by atoms with E-state index < -0.39 is 35.7 Å². The Morgan fingerprint density at radius 2 is 1.77 bits per heavy atom. The first-order valence-corrected chi connectivity index (χ1v) is 11.6. The Kier molecular flexibility index (Phi) is 6.11. The summed E-state index contributed by atoms with van der Waals surface area (Å²) in [7, 11) is 0. The lowest BCUT2D eigenvalue weighted by Gasteiger charge is -2.38. The fourth-order valence-electron chi connectivity index (χ4n) is 4.99. The Balaban J connectivity index is 1.63. The normalized spacial score (nSPS) is 21.4. The molecule has 2 atom stereocenters. The van der Waals surface area contributed by atoms with Crippen LogP contribution in [0.5, 0.6) is 0 Å². The quantitative estimate of drug-likeness (QED) is 0.398. The predicted molar refractivity (Wildman–Crippen MR) is 117 cm³/mol. The van der Waals surface area contributed by atoms with Crippen LogP contribution in [-0.2, 0) is 23.5 Å². The molecule has 0 radical (unpaired) electrons. The number of hydrogen-bond acceptors (Lipinski definition) is 4. The number of aromatic amines is 1. The van der Waals surface area contributed by atoms with Crippen LogP contribution in [0.1, 0.15) is 47.9 Å². The third-order valence-electron chi connectivity index (χ3n) is 6.58. The van der Waals surface area contributed by atoms with Gasteiger partial charge in [-0.15, -0.1) is 0 Å². The number of aromatic nitrogens is 3. The first-order valence-electron chi connectivity index (χ1n) is 11.2. The smallest absolute Gasteiger partial charge is 0.381 e. The van der Waals surface area contributed by atoms with Crippen molar-refractivity contribution in [3.63, 3.8) is 0 Å². The summed E-state index contributed by atoms with van der Waals surface area (Å²) < 4.78 is 86.4. The van der Waals surface area contributed by atoms with E-state index in [2.05, 4.69) is 15.0 Å². The summed E-state index contributed by atoms with van der Waals surface area (Å²) in [6.45, 7) is 1.26. The van der Waals surface area contributed by atoms with Gasteiger partial charge in [0.25, 0.3) is 0 Å². The number of fused-ring (bicyclic) bond motifs is 3. The van der Waals surface area contributed by atoms with E-state index in [1.807, 2.05) is 12.1 Å². The highest BCUT2D eigenvalue weighted by Gasteiger charge is 2.42. The van der Waals surface area contributed by atoms with Gasteiger partial charge in [0.1, 0.15) is 0 Å². The number of nitrogens with one attached hydrogen (secondary N) is 1. The summed E-state index contributed by atoms with van der Waals surface area (Å²) in [5.41, 5.74) is -0.767. The van der Waals surface area contributed by atoms with Gasteiger partial charge in [-0.1, -0.05) is 11.6 Å². The molecule has 2 aliphatic heterocycles. The summed E-state index contributed by atoms with van der Waals surface area (Å²) in [4.78, 5) is 11.9. The highest BCUT2D eigenvalue weighted by atomic mass is 35.5. The number of rotatable bonds is 3. The van der Waals surface area contributed by atoms with Crippen LogP contribution in [-0.4, -0.2) is 34.7 Å². The van der Waals surface area contributed by atoms with Crippen molar-refractivity contribution in [2.75, 3.05) is 24.7 Å². The minimum Gasteiger partial charge on any atom is -0.381 e. The van der Waals surface area contributed by atoms with Crippen molar-refractivity contribution in [3.8, 4) is 0 Å². The molecule has 5 nitrogen and oxygen atoms in total. The van der Waals surface area contributed by atoms with Crippen LogP contribution in [0.4, 0.5) is 32.3 Å². The molecule has 0 saturated carbocycles. The van der Waals surface area contributed by atoms with Crippen LogP contribution in [0.15, 0.2) is 24.3 Å². The van der Waals surface area contributed by atoms with Gasteiger partial charge in [0, 0.05) is 41.4 Å². The van der Waals surface area contributed by atoms with Crippen molar-refractivity contribution in [2.24, 2.45) is 5.92 Å². The minimum absolute atomic E-state index is 0.0478. The molecule has 1 N–H and O–H groups in total. The van der Waals surface area contributed by atoms with Gasteiger partial charge >= 0.3 is 12.4 Å². The summed E-state index contributed by atoms with van der Waals surface area (Å²) >= 11 is 6.18. The van der Waals surface area contributed by atoms with Crippen molar-refractivity contribution in [2.45, 2.75) is 44.1 Å². The second-order valence-corrected chi connectivity index (χ2v) is 9.36. The number of anilines is 1. The Labute approximate surface area is 201 Å². The van der Waals surface area contributed by atoms with Gasteiger partial charge in [0.05, 0.1) is 6.04 Å². The second-order valence-electron chi connectivity index (χ2n) is 8.92. The molecule has 2 aliphatic rings. The van der Waals surface area contributed by atoms with Crippen LogP contribution in [0, 0.1) is 5.92 Å². The standard InChI is InChI=1S/C23H21ClF6N4O/c24-13-3-4-16-15(9-13)14-5-6-34(17(20(14)31-16)8-12-2-1-7-35-11-12)21-32-18(22(25,26)27)10-19(33-21)23(28,29)30/h3-4,9-10,12,17,31H,1-2,5-8,11H2/t12-,17+/m1/s1. The largest absolute Gasteiger partial charge is 0.433 e. The van der Waals surface area contributed by atoms with Crippen LogP contribution in [0.2, 0.25) is 5.02 Å². The third kappa shape index (κ3) is 4.80. The molecule has 0 amide bonds. The molecular weight excluding hydrogens is 498 g/mol. The Hall–Kier alpha value is -2.53. The van der Waals surface area contributed by atoms with Gasteiger partial charge < -0.3 is 14.6 Å². The molecule has 1 aromatic carbocycles. The second kappa shape index (κ2) is 8.85. The van der Waals surface area contributed by atoms with E-state index in [1.54, 1.807) is 6.07 Å². The van der Waals surface area contributed by atoms with Crippen LogP contribution in [0.3, 0.4) is 0 Å². The van der Waals surface area contributed by atoms with Crippen molar-refractivity contribution >= 4 is 28.5 Å². The fourth-order valence-corrected chi connectivity index (χ4v) is 5.16. The van der Waals surface area contributed by atoms with Gasteiger partial charge in [0.15, 0.2) is 11.4 Å². The lowest BCUT2D eigenvalue weighted by atomic mass is 9.88. The van der Waals surface area contributed by atoms with Gasteiger partial charge in [-0.25, -0.2) is 9.97 Å². The van der Waals surface area contributed by atoms with Gasteiger partial charge in [0.2, 0.25) is 5.95 Å². The number of ether oxygens (including phenoxy) is 1. The van der Waals surface area contributed by atoms with E-state index >= 15 is 0 Å². The maximum absolute atomic E-state index is 13.5. The number of alkyl halides is 6. The molecule has 2 aromatic heterocycles. The van der Waals surface area contributed by atoms with E-state index in [1.165, 1.54) is 4.90 Å². The van der Waals surface area contributed by atoms with E-state index in [0.717, 1.165) is 35.0 Å². The number of hydrogen-bond donors (Lipinski definition) is 1. The maximum Gasteiger partial charge on any atom is 0.433 e. The zero-order valence-electron chi connectivity index (χ0n) is 18.3. The molecule has 0 bridgehead atoms. The Morgan fingerprint density at radius 1 is 1.06 bits per heavy atom. The predicted octanol–water partition coefficient (Wildman–Crippen LogP) is 6.57. The van der Waals surface area contributed by atoms with E-state index in [9.17, 15) is 26.3 Å². The first kappa shape index (κ1) is 24.2. The molecule has 0 spiro atoms. The molecule has 3 aromatic rings. The van der Waals surface area contributed by atoms with Crippen LogP contribution in [0.25, 0.3) is 10.9 Å². The molecule has 4 heterocycles. The average Bonchev–Trinajstić information content (AvgIpc) is 3.17. The van der Waals surface area contributed by atoms with Crippen LogP contribution >= 0.6 is 11.6 Å². The Bertz CT molecular complexity index is 1200. The third-order valence-corrected chi connectivity index (χ3v) is 6.81. The fraction of sp³-hybridized carbons (Fsp3) is 0.478. The number of halogens is 7. The van der Waals surface area contributed by atoms with Gasteiger partial charge in [-0.2, -0.15) is 26.3 Å². The van der Waals surface area contributed by atoms with Crippen molar-refractivity contribution in [1.29, 1.82) is 0 Å². The summed E-state index contributed by atoms with van der Waals surface area (Å²) in [5.74, 6) is -0.499. The van der Waals surface area contributed by atoms with Crippen molar-refractivity contribution in [3.05, 3.63) is 51.9 Å². The zero-order valence-corrected chi connectivity index (χ0v) is 19.1. The average molecular weight is 519 g/mol. The molecule has 5 rings (SSSR count). The van der Waals surface area contributed by atoms with Gasteiger partial charge in [-0.3, -0.25) is 0 Å². The SMILES string of the molecule is FC(F)(F)c1cc(C(F)(F)F)nc(N2CCc3c([nH]c4ccc(Cl)cc34)[C@@H]2C[C@H]2CCCOC2)n1. The van der Waals surface area contributed by atoms with E-state index in [0.29, 0.717) is 31.1 Å². The monoisotopic (exact) mass is 518 g/mol. The summed E-state index contributed by atoms with van der Waals surface area (Å²) in [6.07, 6.45) is -7.57. The van der Waals surface area contributed by atoms with E-state index in [-0.39, 0.29) is 18.5 Å². The maximum atomic E-state index is 13.5. The number of benzene rings is 1. The highest BCUT2D eigenvalue weighted by Crippen LogP contribution is 2.42. The van der Waals surface area contributed by atoms with E-state index in [4.69, 9.17) is 16.3 Å². The lowest BCUT2D eigenvalue weighted by molar-refractivity contribution is -0.147. The van der Waals surface area contributed by atoms with Crippen molar-refractivity contribution in [1.82, 2.24) is 15.0 Å². The summed E-state index contributed by atoms with van der Waals surface area (Å²) in [5, 5.41) is 1.42. The highest BCUT2D eigenvalue weighted by molar-refractivity contribution is 6.31. The summed E-state index contributed by atoms with van der Waals surface area (Å²) in [6, 6.07) is 4.74. The topological polar surface area (TPSA) is 54.0 Å². The van der Waals surface area contributed by atoms with Crippen molar-refractivity contribution < 1.29 is 31.1 Å². The molecule has 35 heavy (non-hydrogen) atoms. The van der Waals surface area contributed by atoms with Gasteiger partial charge in [-0.05, 0) is 61.4 Å². The molecule has 1 saturated heterocycles. The molecule has 12 heteroatoms. The number of nitrogens with zero attached hydrogens (tertiary/aromatic N) is 3. The molecule has 1 fully saturated rings. The molecule has 0 aliphatic carbocycles.